The van der Waals surface area contributed by atoms with Crippen molar-refractivity contribution >= 4 is 33.0 Å². The number of anilines is 2. The summed E-state index contributed by atoms with van der Waals surface area (Å²) >= 11 is 5.84. The molecule has 1 aliphatic rings. The lowest BCUT2D eigenvalue weighted by Gasteiger charge is -2.21. The number of halogens is 1. The van der Waals surface area contributed by atoms with E-state index in [0.717, 1.165) is 11.6 Å². The minimum absolute atomic E-state index is 0.0145. The fourth-order valence-corrected chi connectivity index (χ4v) is 4.57. The summed E-state index contributed by atoms with van der Waals surface area (Å²) in [5.74, 6) is -0.0880. The first-order chi connectivity index (χ1) is 11.4. The molecule has 0 aliphatic carbocycles. The van der Waals surface area contributed by atoms with E-state index in [1.165, 1.54) is 16.4 Å². The quantitative estimate of drug-likeness (QED) is 0.713. The van der Waals surface area contributed by atoms with Gasteiger partial charge in [-0.05, 0) is 29.8 Å². The number of sulfonamides is 1. The molecule has 128 valence electrons. The second-order valence-corrected chi connectivity index (χ2v) is 7.70. The van der Waals surface area contributed by atoms with Gasteiger partial charge in [-0.1, -0.05) is 29.8 Å². The minimum Gasteiger partial charge on any atom is -0.330 e. The fraction of sp³-hybridized carbons (Fsp3) is 0.200. The number of para-hydroxylation sites is 1. The molecular weight excluding hydrogens is 354 g/mol. The van der Waals surface area contributed by atoms with Crippen LogP contribution in [0.3, 0.4) is 0 Å². The van der Waals surface area contributed by atoms with Gasteiger partial charge < -0.3 is 5.73 Å². The molecule has 2 aromatic carbocycles. The van der Waals surface area contributed by atoms with Crippen molar-refractivity contribution in [3.05, 3.63) is 53.1 Å². The largest absolute Gasteiger partial charge is 0.330 e. The van der Waals surface area contributed by atoms with Crippen LogP contribution < -0.4 is 15.3 Å². The van der Waals surface area contributed by atoms with Crippen LogP contribution in [0.4, 0.5) is 11.4 Å². The number of nitrogens with zero attached hydrogens (tertiary/aromatic N) is 2. The first kappa shape index (κ1) is 17.0. The minimum atomic E-state index is -3.90. The average Bonchev–Trinajstić information content (AvgIpc) is 2.94. The Labute approximate surface area is 144 Å². The maximum absolute atomic E-state index is 13.0. The topological polar surface area (TPSA) is 107 Å². The lowest BCUT2D eigenvalue weighted by Crippen LogP contribution is -2.31. The summed E-state index contributed by atoms with van der Waals surface area (Å²) in [7, 11) is -3.90. The molecule has 1 unspecified atom stereocenters. The van der Waals surface area contributed by atoms with Gasteiger partial charge in [0.25, 0.3) is 10.0 Å². The van der Waals surface area contributed by atoms with Crippen molar-refractivity contribution in [1.82, 2.24) is 0 Å². The van der Waals surface area contributed by atoms with E-state index in [2.05, 4.69) is 0 Å². The molecule has 0 aromatic heterocycles. The van der Waals surface area contributed by atoms with Gasteiger partial charge in [0.05, 0.1) is 15.6 Å². The molecule has 9 heteroatoms. The molecule has 0 fully saturated rings. The maximum Gasteiger partial charge on any atom is 0.264 e. The second kappa shape index (κ2) is 6.23. The summed E-state index contributed by atoms with van der Waals surface area (Å²) in [5, 5.41) is 18.2. The lowest BCUT2D eigenvalue weighted by molar-refractivity contribution is 0.0291. The number of hydrogen-bond donors (Lipinski definition) is 3. The van der Waals surface area contributed by atoms with Crippen LogP contribution >= 0.6 is 11.6 Å². The number of hydrogen-bond acceptors (Lipinski definition) is 6. The van der Waals surface area contributed by atoms with Crippen molar-refractivity contribution in [2.75, 3.05) is 22.6 Å². The lowest BCUT2D eigenvalue weighted by atomic mass is 10.0. The Balaban J connectivity index is 2.08. The van der Waals surface area contributed by atoms with E-state index in [-0.39, 0.29) is 33.3 Å². The molecule has 0 radical (unpaired) electrons. The number of rotatable bonds is 4. The Morgan fingerprint density at radius 3 is 2.62 bits per heavy atom. The monoisotopic (exact) mass is 369 g/mol. The predicted octanol–water partition coefficient (Wildman–Crippen LogP) is 2.18. The normalized spacial score (nSPS) is 17.0. The molecular formula is C15H16ClN3O4S. The van der Waals surface area contributed by atoms with Crippen LogP contribution in [-0.4, -0.2) is 31.9 Å². The van der Waals surface area contributed by atoms with Crippen LogP contribution in [0.1, 0.15) is 11.5 Å². The molecule has 1 heterocycles. The molecule has 0 spiro atoms. The van der Waals surface area contributed by atoms with Gasteiger partial charge >= 0.3 is 0 Å². The van der Waals surface area contributed by atoms with Crippen molar-refractivity contribution in [3.8, 4) is 0 Å². The standard InChI is InChI=1S/C15H16ClN3O4S/c16-13-6-5-11(7-15(13)19(20)21)24(22,23)18-9-10(8-17)12-3-1-2-4-14(12)18/h1-7,10,20-21H,8-9,17H2. The molecule has 1 atom stereocenters. The Hall–Kier alpha value is -1.84. The second-order valence-electron chi connectivity index (χ2n) is 5.43. The van der Waals surface area contributed by atoms with E-state index in [4.69, 9.17) is 17.3 Å². The van der Waals surface area contributed by atoms with Crippen LogP contribution in [-0.2, 0) is 10.0 Å². The number of nitrogens with two attached hydrogens (primary N) is 1. The van der Waals surface area contributed by atoms with Crippen molar-refractivity contribution in [3.63, 3.8) is 0 Å². The third-order valence-electron chi connectivity index (χ3n) is 4.04. The maximum atomic E-state index is 13.0. The van der Waals surface area contributed by atoms with Crippen LogP contribution in [0.15, 0.2) is 47.4 Å². The third kappa shape index (κ3) is 2.72. The van der Waals surface area contributed by atoms with Crippen molar-refractivity contribution in [2.45, 2.75) is 10.8 Å². The van der Waals surface area contributed by atoms with Gasteiger partial charge in [-0.3, -0.25) is 14.7 Å². The van der Waals surface area contributed by atoms with Crippen molar-refractivity contribution in [2.24, 2.45) is 5.73 Å². The van der Waals surface area contributed by atoms with Gasteiger partial charge in [-0.15, -0.1) is 5.23 Å². The first-order valence-electron chi connectivity index (χ1n) is 7.15. The predicted molar refractivity (Wildman–Crippen MR) is 90.3 cm³/mol. The average molecular weight is 370 g/mol. The molecule has 7 nitrogen and oxygen atoms in total. The number of fused-ring (bicyclic) bond motifs is 1. The van der Waals surface area contributed by atoms with Gasteiger partial charge in [0.1, 0.15) is 5.69 Å². The highest BCUT2D eigenvalue weighted by Gasteiger charge is 2.36. The highest BCUT2D eigenvalue weighted by molar-refractivity contribution is 7.92. The van der Waals surface area contributed by atoms with E-state index in [1.54, 1.807) is 12.1 Å². The summed E-state index contributed by atoms with van der Waals surface area (Å²) in [6, 6.07) is 10.9. The molecule has 24 heavy (non-hydrogen) atoms. The molecule has 0 amide bonds. The SMILES string of the molecule is NCC1CN(S(=O)(=O)c2ccc(Cl)c(N(O)O)c2)c2ccccc21. The highest BCUT2D eigenvalue weighted by atomic mass is 35.5. The molecule has 0 bridgehead atoms. The zero-order valence-corrected chi connectivity index (χ0v) is 14.1. The Morgan fingerprint density at radius 2 is 1.96 bits per heavy atom. The van der Waals surface area contributed by atoms with E-state index in [1.807, 2.05) is 12.1 Å². The summed E-state index contributed by atoms with van der Waals surface area (Å²) in [4.78, 5) is -0.0949. The smallest absolute Gasteiger partial charge is 0.264 e. The van der Waals surface area contributed by atoms with Crippen LogP contribution in [0.25, 0.3) is 0 Å². The Kier molecular flexibility index (Phi) is 4.41. The van der Waals surface area contributed by atoms with E-state index >= 15 is 0 Å². The summed E-state index contributed by atoms with van der Waals surface area (Å²) in [6.45, 7) is 0.564. The van der Waals surface area contributed by atoms with Gasteiger partial charge in [-0.2, -0.15) is 0 Å². The zero-order chi connectivity index (χ0) is 17.5. The summed E-state index contributed by atoms with van der Waals surface area (Å²) in [6.07, 6.45) is 0. The summed E-state index contributed by atoms with van der Waals surface area (Å²) in [5.41, 5.74) is 7.00. The third-order valence-corrected chi connectivity index (χ3v) is 6.13. The highest BCUT2D eigenvalue weighted by Crippen LogP contribution is 2.39. The molecule has 2 aromatic rings. The zero-order valence-electron chi connectivity index (χ0n) is 12.5. The Morgan fingerprint density at radius 1 is 1.25 bits per heavy atom. The molecule has 0 saturated heterocycles. The molecule has 0 saturated carbocycles. The van der Waals surface area contributed by atoms with Crippen molar-refractivity contribution in [1.29, 1.82) is 0 Å². The Bertz CT molecular complexity index is 873. The van der Waals surface area contributed by atoms with E-state index < -0.39 is 10.0 Å². The molecule has 1 aliphatic heterocycles. The van der Waals surface area contributed by atoms with Crippen molar-refractivity contribution < 1.29 is 18.8 Å². The van der Waals surface area contributed by atoms with Crippen LogP contribution in [0, 0.1) is 0 Å². The van der Waals surface area contributed by atoms with Gasteiger partial charge in [-0.25, -0.2) is 8.42 Å². The first-order valence-corrected chi connectivity index (χ1v) is 8.97. The number of benzene rings is 2. The van der Waals surface area contributed by atoms with Gasteiger partial charge in [0.15, 0.2) is 0 Å². The molecule has 4 N–H and O–H groups in total. The van der Waals surface area contributed by atoms with Gasteiger partial charge in [0.2, 0.25) is 0 Å². The van der Waals surface area contributed by atoms with Crippen LogP contribution in [0.5, 0.6) is 0 Å². The van der Waals surface area contributed by atoms with Crippen LogP contribution in [0.2, 0.25) is 5.02 Å². The van der Waals surface area contributed by atoms with E-state index in [0.29, 0.717) is 12.2 Å². The fourth-order valence-electron chi connectivity index (χ4n) is 2.82. The summed E-state index contributed by atoms with van der Waals surface area (Å²) < 4.78 is 27.3. The van der Waals surface area contributed by atoms with E-state index in [9.17, 15) is 18.8 Å². The molecule has 3 rings (SSSR count). The van der Waals surface area contributed by atoms with Gasteiger partial charge in [0, 0.05) is 19.0 Å².